The molecule has 3 N–H and O–H groups in total. The molecular formula is C5H14N2OS. The predicted molar refractivity (Wildman–Crippen MR) is 41.4 cm³/mol. The molecule has 0 radical (unpaired) electrons. The van der Waals surface area contributed by atoms with Gasteiger partial charge in [0.25, 0.3) is 0 Å². The quantitative estimate of drug-likeness (QED) is 0.433. The number of nitrogens with one attached hydrogen (secondary N) is 1. The van der Waals surface area contributed by atoms with Gasteiger partial charge in [0.05, 0.1) is 7.11 Å². The van der Waals surface area contributed by atoms with Gasteiger partial charge in [0.15, 0.2) is 0 Å². The summed E-state index contributed by atoms with van der Waals surface area (Å²) in [6.45, 7) is 0.794. The van der Waals surface area contributed by atoms with Crippen molar-refractivity contribution in [3.05, 3.63) is 0 Å². The SMILES string of the molecule is CONS1(C)CC1CN. The summed E-state index contributed by atoms with van der Waals surface area (Å²) >= 11 is 0. The molecule has 1 aliphatic rings. The van der Waals surface area contributed by atoms with Gasteiger partial charge in [0, 0.05) is 17.5 Å². The molecule has 0 amide bonds. The van der Waals surface area contributed by atoms with Crippen molar-refractivity contribution in [2.45, 2.75) is 5.25 Å². The van der Waals surface area contributed by atoms with Gasteiger partial charge in [-0.2, -0.15) is 15.1 Å². The maximum atomic E-state index is 5.46. The molecule has 0 aromatic heterocycles. The Kier molecular flexibility index (Phi) is 2.00. The normalized spacial score (nSPS) is 48.1. The zero-order chi connectivity index (χ0) is 6.91. The van der Waals surface area contributed by atoms with Gasteiger partial charge in [0.1, 0.15) is 0 Å². The second kappa shape index (κ2) is 2.46. The third-order valence-electron chi connectivity index (χ3n) is 1.69. The van der Waals surface area contributed by atoms with Gasteiger partial charge < -0.3 is 5.73 Å². The van der Waals surface area contributed by atoms with E-state index in [0.29, 0.717) is 5.25 Å². The molecule has 56 valence electrons. The molecule has 2 unspecified atom stereocenters. The Bertz CT molecular complexity index is 111. The summed E-state index contributed by atoms with van der Waals surface area (Å²) in [7, 11) is 1.04. The van der Waals surface area contributed by atoms with E-state index in [-0.39, 0.29) is 0 Å². The van der Waals surface area contributed by atoms with Gasteiger partial charge in [-0.15, -0.1) is 0 Å². The molecule has 1 saturated heterocycles. The van der Waals surface area contributed by atoms with E-state index in [1.165, 1.54) is 5.75 Å². The summed E-state index contributed by atoms with van der Waals surface area (Å²) in [6, 6.07) is 0. The van der Waals surface area contributed by atoms with E-state index < -0.39 is 10.2 Å². The molecule has 2 atom stereocenters. The number of nitrogens with two attached hydrogens (primary N) is 1. The Morgan fingerprint density at radius 3 is 2.89 bits per heavy atom. The first-order valence-electron chi connectivity index (χ1n) is 2.97. The lowest BCUT2D eigenvalue weighted by Crippen LogP contribution is -2.14. The standard InChI is InChI=1S/C5H14N2OS/c1-8-7-9(2)4-5(9)3-6/h5,7H,3-4,6H2,1-2H3. The van der Waals surface area contributed by atoms with Gasteiger partial charge >= 0.3 is 0 Å². The Balaban J connectivity index is 2.25. The van der Waals surface area contributed by atoms with Crippen LogP contribution in [0.4, 0.5) is 0 Å². The molecule has 0 aromatic carbocycles. The summed E-state index contributed by atoms with van der Waals surface area (Å²) in [5, 5.41) is 0.692. The van der Waals surface area contributed by atoms with Crippen LogP contribution >= 0.6 is 10.2 Å². The largest absolute Gasteiger partial charge is 0.329 e. The third kappa shape index (κ3) is 1.38. The fraction of sp³-hybridized carbons (Fsp3) is 1.00. The van der Waals surface area contributed by atoms with Crippen LogP contribution < -0.4 is 10.6 Å². The van der Waals surface area contributed by atoms with E-state index in [1.54, 1.807) is 7.11 Å². The Morgan fingerprint density at radius 2 is 2.56 bits per heavy atom. The fourth-order valence-electron chi connectivity index (χ4n) is 0.920. The van der Waals surface area contributed by atoms with E-state index in [2.05, 4.69) is 11.1 Å². The minimum atomic E-state index is -0.612. The summed E-state index contributed by atoms with van der Waals surface area (Å²) in [5.74, 6) is 1.22. The molecule has 1 fully saturated rings. The molecular weight excluding hydrogens is 136 g/mol. The highest BCUT2D eigenvalue weighted by atomic mass is 32.3. The monoisotopic (exact) mass is 150 g/mol. The van der Waals surface area contributed by atoms with Crippen molar-refractivity contribution in [1.82, 2.24) is 4.89 Å². The molecule has 1 aliphatic heterocycles. The second-order valence-electron chi connectivity index (χ2n) is 2.47. The number of rotatable bonds is 3. The highest BCUT2D eigenvalue weighted by Crippen LogP contribution is 2.61. The van der Waals surface area contributed by atoms with Crippen molar-refractivity contribution in [2.24, 2.45) is 5.73 Å². The Morgan fingerprint density at radius 1 is 1.89 bits per heavy atom. The van der Waals surface area contributed by atoms with E-state index in [9.17, 15) is 0 Å². The summed E-state index contributed by atoms with van der Waals surface area (Å²) in [5.41, 5.74) is 5.46. The molecule has 0 saturated carbocycles. The van der Waals surface area contributed by atoms with Crippen LogP contribution in [-0.4, -0.2) is 30.9 Å². The fourth-order valence-corrected chi connectivity index (χ4v) is 3.37. The second-order valence-corrected chi connectivity index (χ2v) is 5.95. The molecule has 3 nitrogen and oxygen atoms in total. The van der Waals surface area contributed by atoms with Gasteiger partial charge in [-0.1, -0.05) is 0 Å². The topological polar surface area (TPSA) is 47.3 Å². The summed E-state index contributed by atoms with van der Waals surface area (Å²) < 4.78 is 0. The van der Waals surface area contributed by atoms with E-state index in [4.69, 9.17) is 10.6 Å². The highest BCUT2D eigenvalue weighted by molar-refractivity contribution is 8.37. The Labute approximate surface area is 57.3 Å². The highest BCUT2D eigenvalue weighted by Gasteiger charge is 2.44. The summed E-state index contributed by atoms with van der Waals surface area (Å²) in [6.07, 6.45) is 2.20. The maximum Gasteiger partial charge on any atom is 0.0582 e. The van der Waals surface area contributed by atoms with Crippen LogP contribution in [0.2, 0.25) is 0 Å². The average molecular weight is 150 g/mol. The molecule has 1 heterocycles. The molecule has 0 spiro atoms. The van der Waals surface area contributed by atoms with Crippen molar-refractivity contribution >= 4 is 10.2 Å². The van der Waals surface area contributed by atoms with E-state index in [0.717, 1.165) is 6.54 Å². The van der Waals surface area contributed by atoms with E-state index in [1.807, 2.05) is 0 Å². The first-order chi connectivity index (χ1) is 4.23. The van der Waals surface area contributed by atoms with Crippen molar-refractivity contribution in [3.8, 4) is 0 Å². The lowest BCUT2D eigenvalue weighted by molar-refractivity contribution is 0.161. The van der Waals surface area contributed by atoms with Crippen LogP contribution in [0.15, 0.2) is 0 Å². The Hall–Kier alpha value is 0.230. The molecule has 9 heavy (non-hydrogen) atoms. The van der Waals surface area contributed by atoms with Crippen LogP contribution in [0, 0.1) is 0 Å². The summed E-state index contributed by atoms with van der Waals surface area (Å²) in [4.78, 5) is 7.83. The van der Waals surface area contributed by atoms with Gasteiger partial charge in [-0.3, -0.25) is 4.84 Å². The first kappa shape index (κ1) is 7.34. The van der Waals surface area contributed by atoms with Crippen molar-refractivity contribution < 1.29 is 4.84 Å². The van der Waals surface area contributed by atoms with Crippen molar-refractivity contribution in [3.63, 3.8) is 0 Å². The lowest BCUT2D eigenvalue weighted by atomic mass is 10.5. The zero-order valence-electron chi connectivity index (χ0n) is 5.89. The van der Waals surface area contributed by atoms with Crippen LogP contribution in [-0.2, 0) is 4.84 Å². The minimum Gasteiger partial charge on any atom is -0.329 e. The van der Waals surface area contributed by atoms with Crippen LogP contribution in [0.3, 0.4) is 0 Å². The molecule has 4 heteroatoms. The van der Waals surface area contributed by atoms with Gasteiger partial charge in [-0.05, 0) is 6.26 Å². The van der Waals surface area contributed by atoms with E-state index >= 15 is 0 Å². The minimum absolute atomic E-state index is 0.612. The molecule has 1 rings (SSSR count). The molecule has 0 aromatic rings. The molecule has 0 aliphatic carbocycles. The van der Waals surface area contributed by atoms with Crippen LogP contribution in [0.1, 0.15) is 0 Å². The number of hydrogen-bond donors (Lipinski definition) is 2. The number of hydrogen-bond acceptors (Lipinski definition) is 3. The van der Waals surface area contributed by atoms with Gasteiger partial charge in [-0.25, -0.2) is 0 Å². The van der Waals surface area contributed by atoms with Crippen molar-refractivity contribution in [1.29, 1.82) is 0 Å². The van der Waals surface area contributed by atoms with Crippen LogP contribution in [0.25, 0.3) is 0 Å². The van der Waals surface area contributed by atoms with Crippen molar-refractivity contribution in [2.75, 3.05) is 25.7 Å². The first-order valence-corrected chi connectivity index (χ1v) is 5.25. The van der Waals surface area contributed by atoms with Gasteiger partial charge in [0.2, 0.25) is 0 Å². The lowest BCUT2D eigenvalue weighted by Gasteiger charge is -2.15. The molecule has 0 bridgehead atoms. The maximum absolute atomic E-state index is 5.46. The average Bonchev–Trinajstić information content (AvgIpc) is 2.43. The zero-order valence-corrected chi connectivity index (χ0v) is 6.70. The van der Waals surface area contributed by atoms with Crippen LogP contribution in [0.5, 0.6) is 0 Å². The predicted octanol–water partition coefficient (Wildman–Crippen LogP) is -0.172. The third-order valence-corrected chi connectivity index (χ3v) is 4.73. The smallest absolute Gasteiger partial charge is 0.0582 e.